The monoisotopic (exact) mass is 349 g/mol. The first-order chi connectivity index (χ1) is 9.99. The molecule has 0 aromatic heterocycles. The first kappa shape index (κ1) is 15.5. The molecular weight excluding hydrogens is 334 g/mol. The van der Waals surface area contributed by atoms with Gasteiger partial charge in [-0.3, -0.25) is 10.1 Å². The highest BCUT2D eigenvalue weighted by Gasteiger charge is 2.14. The minimum atomic E-state index is -0.385. The summed E-state index contributed by atoms with van der Waals surface area (Å²) in [5.41, 5.74) is 1.73. The molecule has 0 saturated carbocycles. The molecule has 4 nitrogen and oxygen atoms in total. The molecule has 0 radical (unpaired) electrons. The number of nitro benzene ring substituents is 1. The maximum atomic E-state index is 11.0. The van der Waals surface area contributed by atoms with E-state index in [1.807, 2.05) is 18.2 Å². The number of hydrogen-bond acceptors (Lipinski definition) is 3. The Labute approximate surface area is 132 Å². The Morgan fingerprint density at radius 3 is 2.62 bits per heavy atom. The molecule has 0 fully saturated rings. The highest BCUT2D eigenvalue weighted by molar-refractivity contribution is 9.10. The van der Waals surface area contributed by atoms with Crippen LogP contribution in [-0.4, -0.2) is 4.92 Å². The fourth-order valence-electron chi connectivity index (χ4n) is 2.07. The lowest BCUT2D eigenvalue weighted by Crippen LogP contribution is -2.02. The maximum absolute atomic E-state index is 11.0. The molecule has 2 rings (SSSR count). The highest BCUT2D eigenvalue weighted by Crippen LogP contribution is 2.30. The van der Waals surface area contributed by atoms with Crippen LogP contribution in [0.1, 0.15) is 30.9 Å². The van der Waals surface area contributed by atoms with E-state index in [0.717, 1.165) is 15.8 Å². The molecule has 110 valence electrons. The van der Waals surface area contributed by atoms with E-state index < -0.39 is 0 Å². The fourth-order valence-corrected chi connectivity index (χ4v) is 2.45. The van der Waals surface area contributed by atoms with Crippen molar-refractivity contribution in [3.63, 3.8) is 0 Å². The summed E-state index contributed by atoms with van der Waals surface area (Å²) >= 11 is 3.45. The minimum absolute atomic E-state index is 0.0840. The molecule has 0 spiro atoms. The zero-order valence-electron chi connectivity index (χ0n) is 11.9. The molecule has 5 heteroatoms. The second-order valence-electron chi connectivity index (χ2n) is 5.01. The topological polar surface area (TPSA) is 52.4 Å². The van der Waals surface area contributed by atoms with E-state index in [-0.39, 0.29) is 17.2 Å². The van der Waals surface area contributed by atoms with E-state index in [1.165, 1.54) is 6.07 Å². The minimum Gasteiger partial charge on any atom is -0.488 e. The summed E-state index contributed by atoms with van der Waals surface area (Å²) in [6, 6.07) is 12.4. The smallest absolute Gasteiger partial charge is 0.276 e. The van der Waals surface area contributed by atoms with Crippen molar-refractivity contribution in [2.75, 3.05) is 0 Å². The second-order valence-corrected chi connectivity index (χ2v) is 5.93. The van der Waals surface area contributed by atoms with Gasteiger partial charge in [0.15, 0.2) is 0 Å². The molecule has 0 amide bonds. The quantitative estimate of drug-likeness (QED) is 0.559. The van der Waals surface area contributed by atoms with Gasteiger partial charge in [0.25, 0.3) is 5.69 Å². The standard InChI is InChI=1S/C16H16BrNO3/c1-11(2)14-9-13(17)7-8-16(14)21-10-12-5-3-4-6-15(12)18(19)20/h3-9,11H,10H2,1-2H3. The van der Waals surface area contributed by atoms with Crippen LogP contribution in [-0.2, 0) is 6.61 Å². The lowest BCUT2D eigenvalue weighted by atomic mass is 10.0. The third kappa shape index (κ3) is 3.82. The van der Waals surface area contributed by atoms with E-state index in [0.29, 0.717) is 11.5 Å². The molecule has 0 N–H and O–H groups in total. The van der Waals surface area contributed by atoms with Crippen molar-refractivity contribution < 1.29 is 9.66 Å². The van der Waals surface area contributed by atoms with Crippen molar-refractivity contribution in [3.05, 3.63) is 68.2 Å². The average molecular weight is 350 g/mol. The van der Waals surface area contributed by atoms with Crippen molar-refractivity contribution in [1.82, 2.24) is 0 Å². The van der Waals surface area contributed by atoms with Gasteiger partial charge in [-0.1, -0.05) is 41.9 Å². The summed E-state index contributed by atoms with van der Waals surface area (Å²) in [6.07, 6.45) is 0. The van der Waals surface area contributed by atoms with Crippen molar-refractivity contribution in [3.8, 4) is 5.75 Å². The van der Waals surface area contributed by atoms with Crippen LogP contribution in [0.5, 0.6) is 5.75 Å². The number of nitrogens with zero attached hydrogens (tertiary/aromatic N) is 1. The number of benzene rings is 2. The Morgan fingerprint density at radius 1 is 1.24 bits per heavy atom. The van der Waals surface area contributed by atoms with Crippen molar-refractivity contribution >= 4 is 21.6 Å². The summed E-state index contributed by atoms with van der Waals surface area (Å²) in [5.74, 6) is 1.06. The molecule has 0 aliphatic rings. The van der Waals surface area contributed by atoms with Crippen LogP contribution in [0.2, 0.25) is 0 Å². The molecule has 0 saturated heterocycles. The molecule has 21 heavy (non-hydrogen) atoms. The molecule has 0 aliphatic heterocycles. The van der Waals surface area contributed by atoms with E-state index in [9.17, 15) is 10.1 Å². The van der Waals surface area contributed by atoms with Gasteiger partial charge in [0.1, 0.15) is 12.4 Å². The van der Waals surface area contributed by atoms with Gasteiger partial charge in [-0.05, 0) is 35.7 Å². The average Bonchev–Trinajstić information content (AvgIpc) is 2.46. The molecule has 2 aromatic carbocycles. The molecular formula is C16H16BrNO3. The van der Waals surface area contributed by atoms with Crippen LogP contribution < -0.4 is 4.74 Å². The predicted molar refractivity (Wildman–Crippen MR) is 85.7 cm³/mol. The van der Waals surface area contributed by atoms with Crippen LogP contribution >= 0.6 is 15.9 Å². The lowest BCUT2D eigenvalue weighted by molar-refractivity contribution is -0.385. The molecule has 0 bridgehead atoms. The summed E-state index contributed by atoms with van der Waals surface area (Å²) in [5, 5.41) is 11.0. The summed E-state index contributed by atoms with van der Waals surface area (Å²) in [6.45, 7) is 4.34. The van der Waals surface area contributed by atoms with Gasteiger partial charge in [0, 0.05) is 10.5 Å². The van der Waals surface area contributed by atoms with E-state index in [4.69, 9.17) is 4.74 Å². The van der Waals surface area contributed by atoms with E-state index in [1.54, 1.807) is 18.2 Å². The SMILES string of the molecule is CC(C)c1cc(Br)ccc1OCc1ccccc1[N+](=O)[O-]. The third-order valence-electron chi connectivity index (χ3n) is 3.17. The molecule has 0 atom stereocenters. The number of ether oxygens (including phenoxy) is 1. The Hall–Kier alpha value is -1.88. The number of nitro groups is 1. The number of rotatable bonds is 5. The largest absolute Gasteiger partial charge is 0.488 e. The number of para-hydroxylation sites is 1. The first-order valence-electron chi connectivity index (χ1n) is 6.63. The van der Waals surface area contributed by atoms with E-state index >= 15 is 0 Å². The van der Waals surface area contributed by atoms with Crippen LogP contribution in [0.25, 0.3) is 0 Å². The van der Waals surface area contributed by atoms with Crippen molar-refractivity contribution in [2.45, 2.75) is 26.4 Å². The maximum Gasteiger partial charge on any atom is 0.276 e. The lowest BCUT2D eigenvalue weighted by Gasteiger charge is -2.14. The van der Waals surface area contributed by atoms with Crippen LogP contribution in [0.4, 0.5) is 5.69 Å². The molecule has 0 unspecified atom stereocenters. The van der Waals surface area contributed by atoms with Gasteiger partial charge < -0.3 is 4.74 Å². The Balaban J connectivity index is 2.23. The Kier molecular flexibility index (Phi) is 4.96. The third-order valence-corrected chi connectivity index (χ3v) is 3.66. The molecule has 2 aromatic rings. The number of hydrogen-bond donors (Lipinski definition) is 0. The highest BCUT2D eigenvalue weighted by atomic mass is 79.9. The van der Waals surface area contributed by atoms with Crippen LogP contribution in [0.15, 0.2) is 46.9 Å². The van der Waals surface area contributed by atoms with Crippen molar-refractivity contribution in [1.29, 1.82) is 0 Å². The zero-order chi connectivity index (χ0) is 15.4. The predicted octanol–water partition coefficient (Wildman–Crippen LogP) is 5.06. The van der Waals surface area contributed by atoms with Crippen LogP contribution in [0, 0.1) is 10.1 Å². The molecule has 0 aliphatic carbocycles. The summed E-state index contributed by atoms with van der Waals surface area (Å²) in [4.78, 5) is 10.6. The Morgan fingerprint density at radius 2 is 1.95 bits per heavy atom. The van der Waals surface area contributed by atoms with Crippen LogP contribution in [0.3, 0.4) is 0 Å². The summed E-state index contributed by atoms with van der Waals surface area (Å²) < 4.78 is 6.80. The second kappa shape index (κ2) is 6.72. The van der Waals surface area contributed by atoms with Gasteiger partial charge >= 0.3 is 0 Å². The molecule has 0 heterocycles. The van der Waals surface area contributed by atoms with Gasteiger partial charge in [-0.25, -0.2) is 0 Å². The normalized spacial score (nSPS) is 10.7. The van der Waals surface area contributed by atoms with Gasteiger partial charge in [0.05, 0.1) is 10.5 Å². The van der Waals surface area contributed by atoms with Crippen molar-refractivity contribution in [2.24, 2.45) is 0 Å². The Bertz CT molecular complexity index is 656. The van der Waals surface area contributed by atoms with E-state index in [2.05, 4.69) is 29.8 Å². The zero-order valence-corrected chi connectivity index (χ0v) is 13.5. The van der Waals surface area contributed by atoms with Gasteiger partial charge in [-0.15, -0.1) is 0 Å². The first-order valence-corrected chi connectivity index (χ1v) is 7.43. The van der Waals surface area contributed by atoms with Gasteiger partial charge in [0.2, 0.25) is 0 Å². The fraction of sp³-hybridized carbons (Fsp3) is 0.250. The van der Waals surface area contributed by atoms with Gasteiger partial charge in [-0.2, -0.15) is 0 Å². The number of halogens is 1. The summed E-state index contributed by atoms with van der Waals surface area (Å²) in [7, 11) is 0.